The molecule has 2 aromatic rings. The summed E-state index contributed by atoms with van der Waals surface area (Å²) in [5.41, 5.74) is 0.904. The highest BCUT2D eigenvalue weighted by Crippen LogP contribution is 2.36. The first-order valence-electron chi connectivity index (χ1n) is 7.94. The molecule has 0 saturated heterocycles. The summed E-state index contributed by atoms with van der Waals surface area (Å²) in [6.45, 7) is 4.16. The van der Waals surface area contributed by atoms with Crippen molar-refractivity contribution in [1.29, 1.82) is 0 Å². The third kappa shape index (κ3) is 4.76. The Morgan fingerprint density at radius 3 is 2.52 bits per heavy atom. The molecule has 0 saturated carbocycles. The summed E-state index contributed by atoms with van der Waals surface area (Å²) in [7, 11) is 3.01. The van der Waals surface area contributed by atoms with Crippen LogP contribution >= 0.6 is 11.6 Å². The fourth-order valence-electron chi connectivity index (χ4n) is 2.12. The zero-order valence-corrected chi connectivity index (χ0v) is 15.5. The van der Waals surface area contributed by atoms with Gasteiger partial charge in [0.05, 0.1) is 30.5 Å². The summed E-state index contributed by atoms with van der Waals surface area (Å²) in [6, 6.07) is 7.02. The zero-order valence-electron chi connectivity index (χ0n) is 14.7. The smallest absolute Gasteiger partial charge is 0.257 e. The predicted octanol–water partition coefficient (Wildman–Crippen LogP) is 4.21. The topological polar surface area (TPSA) is 72.5 Å². The van der Waals surface area contributed by atoms with Crippen molar-refractivity contribution in [2.75, 3.05) is 24.9 Å². The largest absolute Gasteiger partial charge is 0.495 e. The van der Waals surface area contributed by atoms with Crippen LogP contribution in [0.15, 0.2) is 30.5 Å². The van der Waals surface area contributed by atoms with Crippen LogP contribution in [0.1, 0.15) is 30.6 Å². The maximum Gasteiger partial charge on any atom is 0.257 e. The summed E-state index contributed by atoms with van der Waals surface area (Å²) in [6.07, 6.45) is 2.52. The second-order valence-electron chi connectivity index (χ2n) is 5.53. The van der Waals surface area contributed by atoms with Gasteiger partial charge in [-0.2, -0.15) is 0 Å². The number of carbonyl (C=O) groups excluding carboxylic acids is 1. The van der Waals surface area contributed by atoms with Crippen LogP contribution in [0.5, 0.6) is 11.5 Å². The Morgan fingerprint density at radius 1 is 1.24 bits per heavy atom. The summed E-state index contributed by atoms with van der Waals surface area (Å²) in [4.78, 5) is 16.7. The van der Waals surface area contributed by atoms with E-state index in [4.69, 9.17) is 21.1 Å². The third-order valence-electron chi connectivity index (χ3n) is 3.75. The lowest BCUT2D eigenvalue weighted by Crippen LogP contribution is -2.16. The third-order valence-corrected chi connectivity index (χ3v) is 4.05. The number of halogens is 1. The summed E-state index contributed by atoms with van der Waals surface area (Å²) >= 11 is 6.07. The highest BCUT2D eigenvalue weighted by Gasteiger charge is 2.14. The van der Waals surface area contributed by atoms with E-state index in [2.05, 4.69) is 29.5 Å². The number of benzene rings is 1. The van der Waals surface area contributed by atoms with Gasteiger partial charge < -0.3 is 20.1 Å². The van der Waals surface area contributed by atoms with Crippen molar-refractivity contribution in [2.24, 2.45) is 0 Å². The Hall–Kier alpha value is -2.47. The van der Waals surface area contributed by atoms with Gasteiger partial charge >= 0.3 is 0 Å². The summed E-state index contributed by atoms with van der Waals surface area (Å²) in [5, 5.41) is 6.44. The Labute approximate surface area is 152 Å². The SMILES string of the molecule is CCC(C)Nc1ccc(C(=O)Nc2cc(OC)c(Cl)cc2OC)cn1. The first-order chi connectivity index (χ1) is 12.0. The number of anilines is 2. The van der Waals surface area contributed by atoms with Gasteiger partial charge in [-0.3, -0.25) is 4.79 Å². The second kappa shape index (κ2) is 8.58. The van der Waals surface area contributed by atoms with E-state index in [1.165, 1.54) is 20.4 Å². The van der Waals surface area contributed by atoms with Crippen molar-refractivity contribution in [3.05, 3.63) is 41.0 Å². The molecule has 2 N–H and O–H groups in total. The van der Waals surface area contributed by atoms with Gasteiger partial charge in [0.1, 0.15) is 17.3 Å². The molecular formula is C18H22ClN3O3. The predicted molar refractivity (Wildman–Crippen MR) is 100 cm³/mol. The second-order valence-corrected chi connectivity index (χ2v) is 5.93. The summed E-state index contributed by atoms with van der Waals surface area (Å²) in [5.74, 6) is 1.33. The van der Waals surface area contributed by atoms with Gasteiger partial charge in [-0.1, -0.05) is 18.5 Å². The molecule has 0 spiro atoms. The first-order valence-corrected chi connectivity index (χ1v) is 8.31. The monoisotopic (exact) mass is 363 g/mol. The molecule has 1 heterocycles. The fourth-order valence-corrected chi connectivity index (χ4v) is 2.35. The molecule has 1 atom stereocenters. The van der Waals surface area contributed by atoms with Crippen molar-refractivity contribution >= 4 is 29.0 Å². The van der Waals surface area contributed by atoms with E-state index < -0.39 is 0 Å². The lowest BCUT2D eigenvalue weighted by atomic mass is 10.2. The Bertz CT molecular complexity index is 735. The molecule has 0 aliphatic heterocycles. The number of rotatable bonds is 7. The van der Waals surface area contributed by atoms with E-state index in [-0.39, 0.29) is 5.91 Å². The van der Waals surface area contributed by atoms with Crippen LogP contribution in [0.2, 0.25) is 5.02 Å². The van der Waals surface area contributed by atoms with Crippen molar-refractivity contribution < 1.29 is 14.3 Å². The van der Waals surface area contributed by atoms with Gasteiger partial charge in [0.25, 0.3) is 5.91 Å². The molecular weight excluding hydrogens is 342 g/mol. The van der Waals surface area contributed by atoms with E-state index in [0.717, 1.165) is 12.2 Å². The molecule has 0 bridgehead atoms. The highest BCUT2D eigenvalue weighted by molar-refractivity contribution is 6.32. The molecule has 7 heteroatoms. The lowest BCUT2D eigenvalue weighted by Gasteiger charge is -2.14. The molecule has 25 heavy (non-hydrogen) atoms. The molecule has 1 amide bonds. The number of carbonyl (C=O) groups is 1. The van der Waals surface area contributed by atoms with Crippen LogP contribution in [0, 0.1) is 0 Å². The Balaban J connectivity index is 2.16. The van der Waals surface area contributed by atoms with Gasteiger partial charge in [0.15, 0.2) is 0 Å². The number of pyridine rings is 1. The molecule has 1 aromatic carbocycles. The van der Waals surface area contributed by atoms with Crippen molar-refractivity contribution in [3.8, 4) is 11.5 Å². The zero-order chi connectivity index (χ0) is 18.4. The van der Waals surface area contributed by atoms with Gasteiger partial charge in [0, 0.05) is 24.4 Å². The molecule has 1 unspecified atom stereocenters. The summed E-state index contributed by atoms with van der Waals surface area (Å²) < 4.78 is 10.4. The maximum absolute atomic E-state index is 12.5. The van der Waals surface area contributed by atoms with Crippen LogP contribution in [0.3, 0.4) is 0 Å². The molecule has 134 valence electrons. The maximum atomic E-state index is 12.5. The normalized spacial score (nSPS) is 11.6. The van der Waals surface area contributed by atoms with E-state index >= 15 is 0 Å². The molecule has 6 nitrogen and oxygen atoms in total. The minimum atomic E-state index is -0.301. The molecule has 1 aromatic heterocycles. The Morgan fingerprint density at radius 2 is 1.96 bits per heavy atom. The molecule has 0 aliphatic carbocycles. The molecule has 0 aliphatic rings. The van der Waals surface area contributed by atoms with Gasteiger partial charge in [-0.15, -0.1) is 0 Å². The molecule has 0 fully saturated rings. The lowest BCUT2D eigenvalue weighted by molar-refractivity contribution is 0.102. The van der Waals surface area contributed by atoms with Gasteiger partial charge in [-0.25, -0.2) is 4.98 Å². The average molecular weight is 364 g/mol. The van der Waals surface area contributed by atoms with Gasteiger partial charge in [-0.05, 0) is 25.5 Å². The van der Waals surface area contributed by atoms with Crippen molar-refractivity contribution in [3.63, 3.8) is 0 Å². The molecule has 0 radical (unpaired) electrons. The van der Waals surface area contributed by atoms with Crippen LogP contribution in [0.25, 0.3) is 0 Å². The van der Waals surface area contributed by atoms with Crippen LogP contribution in [0.4, 0.5) is 11.5 Å². The van der Waals surface area contributed by atoms with Gasteiger partial charge in [0.2, 0.25) is 0 Å². The first kappa shape index (κ1) is 18.9. The number of nitrogens with one attached hydrogen (secondary N) is 2. The molecule has 2 rings (SSSR count). The number of amides is 1. The van der Waals surface area contributed by atoms with Crippen LogP contribution in [-0.4, -0.2) is 31.2 Å². The average Bonchev–Trinajstić information content (AvgIpc) is 2.63. The number of ether oxygens (including phenoxy) is 2. The number of hydrogen-bond donors (Lipinski definition) is 2. The van der Waals surface area contributed by atoms with Crippen LogP contribution in [-0.2, 0) is 0 Å². The number of nitrogens with zero attached hydrogens (tertiary/aromatic N) is 1. The van der Waals surface area contributed by atoms with Crippen LogP contribution < -0.4 is 20.1 Å². The fraction of sp³-hybridized carbons (Fsp3) is 0.333. The minimum absolute atomic E-state index is 0.301. The highest BCUT2D eigenvalue weighted by atomic mass is 35.5. The number of methoxy groups -OCH3 is 2. The quantitative estimate of drug-likeness (QED) is 0.770. The van der Waals surface area contributed by atoms with E-state index in [0.29, 0.717) is 33.8 Å². The van der Waals surface area contributed by atoms with E-state index in [9.17, 15) is 4.79 Å². The number of hydrogen-bond acceptors (Lipinski definition) is 5. The standard InChI is InChI=1S/C18H22ClN3O3/c1-5-11(2)21-17-7-6-12(10-20-17)18(23)22-14-9-15(24-3)13(19)8-16(14)25-4/h6-11H,5H2,1-4H3,(H,20,21)(H,22,23). The Kier molecular flexibility index (Phi) is 6.47. The van der Waals surface area contributed by atoms with Crippen molar-refractivity contribution in [1.82, 2.24) is 4.98 Å². The minimum Gasteiger partial charge on any atom is -0.495 e. The van der Waals surface area contributed by atoms with E-state index in [1.54, 1.807) is 24.3 Å². The number of aromatic nitrogens is 1. The van der Waals surface area contributed by atoms with Crippen molar-refractivity contribution in [2.45, 2.75) is 26.3 Å². The van der Waals surface area contributed by atoms with E-state index in [1.807, 2.05) is 0 Å².